The first-order valence-corrected chi connectivity index (χ1v) is 9.66. The van der Waals surface area contributed by atoms with E-state index >= 15 is 0 Å². The molecule has 0 atom stereocenters. The molecule has 0 unspecified atom stereocenters. The van der Waals surface area contributed by atoms with E-state index in [-0.39, 0.29) is 5.92 Å². The van der Waals surface area contributed by atoms with Crippen molar-refractivity contribution in [2.45, 2.75) is 45.4 Å². The molecular formula is C18H23ClN2OS. The third kappa shape index (κ3) is 3.53. The summed E-state index contributed by atoms with van der Waals surface area (Å²) in [6.45, 7) is 5.92. The first-order chi connectivity index (χ1) is 11.1. The molecule has 5 heteroatoms. The fourth-order valence-electron chi connectivity index (χ4n) is 3.34. The van der Waals surface area contributed by atoms with Gasteiger partial charge in [0.1, 0.15) is 0 Å². The maximum atomic E-state index is 12.5. The van der Waals surface area contributed by atoms with Crippen LogP contribution in [0.25, 0.3) is 10.2 Å². The summed E-state index contributed by atoms with van der Waals surface area (Å²) in [5.41, 5.74) is 0.994. The van der Waals surface area contributed by atoms with Crippen LogP contribution in [0.15, 0.2) is 18.2 Å². The molecule has 0 spiro atoms. The molecule has 2 heterocycles. The highest BCUT2D eigenvalue weighted by atomic mass is 35.5. The molecule has 1 fully saturated rings. The maximum Gasteiger partial charge on any atom is 0.225 e. The van der Waals surface area contributed by atoms with Gasteiger partial charge in [-0.3, -0.25) is 4.79 Å². The highest BCUT2D eigenvalue weighted by molar-refractivity contribution is 7.18. The molecule has 3 nitrogen and oxygen atoms in total. The zero-order chi connectivity index (χ0) is 16.4. The molecule has 3 rings (SSSR count). The number of hydrogen-bond acceptors (Lipinski definition) is 3. The van der Waals surface area contributed by atoms with Gasteiger partial charge in [-0.2, -0.15) is 0 Å². The van der Waals surface area contributed by atoms with Crippen LogP contribution in [0, 0.1) is 5.92 Å². The van der Waals surface area contributed by atoms with E-state index in [4.69, 9.17) is 16.6 Å². The van der Waals surface area contributed by atoms with Crippen molar-refractivity contribution in [2.24, 2.45) is 5.92 Å². The van der Waals surface area contributed by atoms with Crippen LogP contribution in [0.2, 0.25) is 5.02 Å². The lowest BCUT2D eigenvalue weighted by atomic mass is 9.95. The summed E-state index contributed by atoms with van der Waals surface area (Å²) >= 11 is 7.81. The van der Waals surface area contributed by atoms with Gasteiger partial charge >= 0.3 is 0 Å². The normalized spacial score (nSPS) is 16.4. The molecule has 1 saturated heterocycles. The molecule has 2 aromatic rings. The topological polar surface area (TPSA) is 33.2 Å². The molecule has 1 aliphatic heterocycles. The average molecular weight is 351 g/mol. The number of nitrogens with zero attached hydrogens (tertiary/aromatic N) is 2. The molecular weight excluding hydrogens is 328 g/mol. The molecule has 1 amide bonds. The van der Waals surface area contributed by atoms with Crippen LogP contribution in [0.5, 0.6) is 0 Å². The summed E-state index contributed by atoms with van der Waals surface area (Å²) in [5.74, 6) is 0.998. The van der Waals surface area contributed by atoms with Crippen molar-refractivity contribution in [3.63, 3.8) is 0 Å². The number of likely N-dealkylation sites (tertiary alicyclic amines) is 1. The van der Waals surface area contributed by atoms with Gasteiger partial charge in [0.15, 0.2) is 0 Å². The number of halogens is 1. The Morgan fingerprint density at radius 3 is 2.70 bits per heavy atom. The maximum absolute atomic E-state index is 12.5. The van der Waals surface area contributed by atoms with Crippen molar-refractivity contribution in [1.29, 1.82) is 0 Å². The predicted octanol–water partition coefficient (Wildman–Crippen LogP) is 5.09. The van der Waals surface area contributed by atoms with Crippen molar-refractivity contribution in [2.75, 3.05) is 13.1 Å². The van der Waals surface area contributed by atoms with Crippen LogP contribution in [-0.2, 0) is 4.79 Å². The van der Waals surface area contributed by atoms with Gasteiger partial charge in [0.05, 0.1) is 15.2 Å². The highest BCUT2D eigenvalue weighted by Gasteiger charge is 2.28. The third-order valence-electron chi connectivity index (χ3n) is 4.86. The van der Waals surface area contributed by atoms with E-state index in [9.17, 15) is 4.79 Å². The molecule has 0 bridgehead atoms. The van der Waals surface area contributed by atoms with E-state index in [0.717, 1.165) is 49.3 Å². The molecule has 0 radical (unpaired) electrons. The quantitative estimate of drug-likeness (QED) is 0.769. The van der Waals surface area contributed by atoms with E-state index < -0.39 is 0 Å². The van der Waals surface area contributed by atoms with Crippen LogP contribution < -0.4 is 0 Å². The van der Waals surface area contributed by atoms with Crippen molar-refractivity contribution >= 4 is 39.1 Å². The van der Waals surface area contributed by atoms with Gasteiger partial charge < -0.3 is 4.90 Å². The Hall–Kier alpha value is -1.13. The number of carbonyl (C=O) groups is 1. The molecule has 1 aromatic carbocycles. The van der Waals surface area contributed by atoms with Gasteiger partial charge in [-0.1, -0.05) is 25.4 Å². The minimum absolute atomic E-state index is 0.191. The summed E-state index contributed by atoms with van der Waals surface area (Å²) in [7, 11) is 0. The lowest BCUT2D eigenvalue weighted by Crippen LogP contribution is -2.41. The SMILES string of the molecule is CCC(CC)C(=O)N1CCC(c2nc3cc(Cl)ccc3s2)CC1. The van der Waals surface area contributed by atoms with Crippen LogP contribution >= 0.6 is 22.9 Å². The fraction of sp³-hybridized carbons (Fsp3) is 0.556. The number of amides is 1. The van der Waals surface area contributed by atoms with Crippen molar-refractivity contribution < 1.29 is 4.79 Å². The standard InChI is InChI=1S/C18H23ClN2OS/c1-3-12(4-2)18(22)21-9-7-13(8-10-21)17-20-15-11-14(19)5-6-16(15)23-17/h5-6,11-13H,3-4,7-10H2,1-2H3. The summed E-state index contributed by atoms with van der Waals surface area (Å²) in [5, 5.41) is 1.93. The molecule has 0 aliphatic carbocycles. The van der Waals surface area contributed by atoms with Crippen molar-refractivity contribution in [1.82, 2.24) is 9.88 Å². The second kappa shape index (κ2) is 7.18. The van der Waals surface area contributed by atoms with Gasteiger partial charge in [0.25, 0.3) is 0 Å². The molecule has 1 aliphatic rings. The number of thiazole rings is 1. The van der Waals surface area contributed by atoms with Gasteiger partial charge in [-0.15, -0.1) is 11.3 Å². The van der Waals surface area contributed by atoms with Crippen LogP contribution in [-0.4, -0.2) is 28.9 Å². The monoisotopic (exact) mass is 350 g/mol. The Labute approximate surface area is 146 Å². The van der Waals surface area contributed by atoms with Crippen LogP contribution in [0.1, 0.15) is 50.5 Å². The van der Waals surface area contributed by atoms with E-state index in [2.05, 4.69) is 18.7 Å². The van der Waals surface area contributed by atoms with E-state index in [1.165, 1.54) is 9.71 Å². The molecule has 1 aromatic heterocycles. The summed E-state index contributed by atoms with van der Waals surface area (Å²) in [4.78, 5) is 19.3. The third-order valence-corrected chi connectivity index (χ3v) is 6.29. The van der Waals surface area contributed by atoms with E-state index in [0.29, 0.717) is 11.8 Å². The molecule has 0 N–H and O–H groups in total. The number of aromatic nitrogens is 1. The zero-order valence-electron chi connectivity index (χ0n) is 13.7. The number of rotatable bonds is 4. The van der Waals surface area contributed by atoms with Gasteiger partial charge in [-0.05, 0) is 43.9 Å². The van der Waals surface area contributed by atoms with Crippen LogP contribution in [0.3, 0.4) is 0 Å². The zero-order valence-corrected chi connectivity index (χ0v) is 15.3. The van der Waals surface area contributed by atoms with E-state index in [1.807, 2.05) is 18.2 Å². The molecule has 124 valence electrons. The van der Waals surface area contributed by atoms with Crippen LogP contribution in [0.4, 0.5) is 0 Å². The second-order valence-corrected chi connectivity index (χ2v) is 7.78. The molecule has 23 heavy (non-hydrogen) atoms. The van der Waals surface area contributed by atoms with Crippen molar-refractivity contribution in [3.8, 4) is 0 Å². The summed E-state index contributed by atoms with van der Waals surface area (Å²) in [6.07, 6.45) is 3.90. The minimum atomic E-state index is 0.191. The number of hydrogen-bond donors (Lipinski definition) is 0. The predicted molar refractivity (Wildman–Crippen MR) is 97.3 cm³/mol. The number of fused-ring (bicyclic) bond motifs is 1. The Morgan fingerprint density at radius 1 is 1.35 bits per heavy atom. The Kier molecular flexibility index (Phi) is 5.22. The van der Waals surface area contributed by atoms with Gasteiger partial charge in [-0.25, -0.2) is 4.98 Å². The Balaban J connectivity index is 1.67. The second-order valence-electron chi connectivity index (χ2n) is 6.28. The largest absolute Gasteiger partial charge is 0.342 e. The minimum Gasteiger partial charge on any atom is -0.342 e. The first kappa shape index (κ1) is 16.7. The smallest absolute Gasteiger partial charge is 0.225 e. The molecule has 0 saturated carbocycles. The van der Waals surface area contributed by atoms with Gasteiger partial charge in [0.2, 0.25) is 5.91 Å². The van der Waals surface area contributed by atoms with Crippen molar-refractivity contribution in [3.05, 3.63) is 28.2 Å². The lowest BCUT2D eigenvalue weighted by Gasteiger charge is -2.33. The number of benzene rings is 1. The summed E-state index contributed by atoms with van der Waals surface area (Å²) < 4.78 is 1.19. The Bertz CT molecular complexity index is 687. The van der Waals surface area contributed by atoms with Gasteiger partial charge in [0, 0.05) is 29.9 Å². The summed E-state index contributed by atoms with van der Waals surface area (Å²) in [6, 6.07) is 5.90. The highest BCUT2D eigenvalue weighted by Crippen LogP contribution is 2.35. The number of piperidine rings is 1. The first-order valence-electron chi connectivity index (χ1n) is 8.47. The van der Waals surface area contributed by atoms with E-state index in [1.54, 1.807) is 11.3 Å². The fourth-order valence-corrected chi connectivity index (χ4v) is 4.62. The average Bonchev–Trinajstić information content (AvgIpc) is 2.99. The lowest BCUT2D eigenvalue weighted by molar-refractivity contribution is -0.136. The number of carbonyl (C=O) groups excluding carboxylic acids is 1. The Morgan fingerprint density at radius 2 is 2.04 bits per heavy atom.